The number of aromatic nitrogens is 3. The zero-order chi connectivity index (χ0) is 19.1. The number of hydrogen-bond donors (Lipinski definition) is 2. The standard InChI is InChI=1S/C15H10F4N4O2S/c1-6(7-2-8(16)5-20-4-7)21-14-22-9-3-10(15(17,18)19)26-12(9)11(23-14)13(24)25/h2-6H,1H3,(H,24,25)(H,21,22,23)/t6-/m0/s1. The minimum Gasteiger partial charge on any atom is -0.476 e. The second-order valence-corrected chi connectivity index (χ2v) is 6.38. The number of pyridine rings is 1. The molecule has 3 rings (SSSR count). The van der Waals surface area contributed by atoms with Gasteiger partial charge in [-0.2, -0.15) is 13.2 Å². The highest BCUT2D eigenvalue weighted by Gasteiger charge is 2.34. The minimum atomic E-state index is -4.62. The Morgan fingerprint density at radius 1 is 1.27 bits per heavy atom. The van der Waals surface area contributed by atoms with E-state index < -0.39 is 34.6 Å². The van der Waals surface area contributed by atoms with Crippen LogP contribution in [0.25, 0.3) is 10.2 Å². The number of carboxylic acid groups (broad SMARTS) is 1. The van der Waals surface area contributed by atoms with Crippen LogP contribution < -0.4 is 5.32 Å². The van der Waals surface area contributed by atoms with Gasteiger partial charge in [0.05, 0.1) is 22.5 Å². The molecule has 0 aliphatic heterocycles. The van der Waals surface area contributed by atoms with Gasteiger partial charge in [-0.05, 0) is 24.6 Å². The molecule has 0 amide bonds. The van der Waals surface area contributed by atoms with Crippen LogP contribution in [0.15, 0.2) is 24.5 Å². The highest BCUT2D eigenvalue weighted by molar-refractivity contribution is 7.19. The average Bonchev–Trinajstić information content (AvgIpc) is 2.98. The van der Waals surface area contributed by atoms with Crippen molar-refractivity contribution in [2.75, 3.05) is 5.32 Å². The summed E-state index contributed by atoms with van der Waals surface area (Å²) in [5.74, 6) is -2.22. The van der Waals surface area contributed by atoms with Gasteiger partial charge in [0.2, 0.25) is 5.95 Å². The summed E-state index contributed by atoms with van der Waals surface area (Å²) in [7, 11) is 0. The number of nitrogens with zero attached hydrogens (tertiary/aromatic N) is 3. The fourth-order valence-electron chi connectivity index (χ4n) is 2.22. The maximum Gasteiger partial charge on any atom is 0.425 e. The average molecular weight is 386 g/mol. The Labute approximate surface area is 147 Å². The molecule has 0 unspecified atom stereocenters. The Bertz CT molecular complexity index is 989. The molecule has 136 valence electrons. The Morgan fingerprint density at radius 2 is 2.00 bits per heavy atom. The van der Waals surface area contributed by atoms with Crippen LogP contribution in [0.3, 0.4) is 0 Å². The topological polar surface area (TPSA) is 88.0 Å². The van der Waals surface area contributed by atoms with E-state index in [4.69, 9.17) is 0 Å². The first-order valence-corrected chi connectivity index (χ1v) is 7.96. The molecule has 0 aliphatic rings. The summed E-state index contributed by atoms with van der Waals surface area (Å²) in [5, 5.41) is 12.0. The molecule has 11 heteroatoms. The van der Waals surface area contributed by atoms with Gasteiger partial charge < -0.3 is 10.4 Å². The summed E-state index contributed by atoms with van der Waals surface area (Å²) in [4.78, 5) is 21.8. The van der Waals surface area contributed by atoms with E-state index in [1.807, 2.05) is 0 Å². The summed E-state index contributed by atoms with van der Waals surface area (Å²) in [6.45, 7) is 1.62. The largest absolute Gasteiger partial charge is 0.476 e. The summed E-state index contributed by atoms with van der Waals surface area (Å²) >= 11 is 0.267. The Balaban J connectivity index is 2.02. The number of aromatic carboxylic acids is 1. The third-order valence-corrected chi connectivity index (χ3v) is 4.60. The smallest absolute Gasteiger partial charge is 0.425 e. The Hall–Kier alpha value is -2.82. The number of rotatable bonds is 4. The molecule has 1 atom stereocenters. The molecular formula is C15H10F4N4O2S. The van der Waals surface area contributed by atoms with Gasteiger partial charge in [0.25, 0.3) is 0 Å². The normalized spacial score (nSPS) is 13.0. The van der Waals surface area contributed by atoms with Crippen molar-refractivity contribution in [3.05, 3.63) is 46.5 Å². The van der Waals surface area contributed by atoms with E-state index in [-0.39, 0.29) is 27.5 Å². The van der Waals surface area contributed by atoms with Crippen molar-refractivity contribution in [3.8, 4) is 0 Å². The van der Waals surface area contributed by atoms with Gasteiger partial charge in [0, 0.05) is 6.20 Å². The first kappa shape index (κ1) is 18.0. The lowest BCUT2D eigenvalue weighted by Crippen LogP contribution is -2.12. The van der Waals surface area contributed by atoms with Gasteiger partial charge in [0.15, 0.2) is 5.69 Å². The van der Waals surface area contributed by atoms with E-state index in [1.54, 1.807) is 6.92 Å². The molecule has 0 spiro atoms. The maximum absolute atomic E-state index is 13.3. The first-order chi connectivity index (χ1) is 12.1. The molecule has 3 heterocycles. The van der Waals surface area contributed by atoms with Crippen LogP contribution in [0.5, 0.6) is 0 Å². The number of hydrogen-bond acceptors (Lipinski definition) is 6. The molecule has 26 heavy (non-hydrogen) atoms. The van der Waals surface area contributed by atoms with Crippen molar-refractivity contribution in [2.24, 2.45) is 0 Å². The van der Waals surface area contributed by atoms with E-state index in [0.717, 1.165) is 12.3 Å². The number of thiophene rings is 1. The highest BCUT2D eigenvalue weighted by Crippen LogP contribution is 2.38. The van der Waals surface area contributed by atoms with Crippen molar-refractivity contribution >= 4 is 33.5 Å². The lowest BCUT2D eigenvalue weighted by molar-refractivity contribution is -0.134. The van der Waals surface area contributed by atoms with Crippen molar-refractivity contribution in [3.63, 3.8) is 0 Å². The van der Waals surface area contributed by atoms with E-state index >= 15 is 0 Å². The Morgan fingerprint density at radius 3 is 2.62 bits per heavy atom. The van der Waals surface area contributed by atoms with Crippen LogP contribution >= 0.6 is 11.3 Å². The lowest BCUT2D eigenvalue weighted by atomic mass is 10.1. The van der Waals surface area contributed by atoms with Crippen LogP contribution in [0.1, 0.15) is 33.9 Å². The van der Waals surface area contributed by atoms with Gasteiger partial charge in [-0.1, -0.05) is 0 Å². The van der Waals surface area contributed by atoms with E-state index in [1.165, 1.54) is 12.3 Å². The van der Waals surface area contributed by atoms with Crippen molar-refractivity contribution in [1.82, 2.24) is 15.0 Å². The highest BCUT2D eigenvalue weighted by atomic mass is 32.1. The van der Waals surface area contributed by atoms with Crippen LogP contribution in [-0.4, -0.2) is 26.0 Å². The predicted molar refractivity (Wildman–Crippen MR) is 85.6 cm³/mol. The number of carbonyl (C=O) groups is 1. The molecule has 0 aromatic carbocycles. The zero-order valence-electron chi connectivity index (χ0n) is 13.0. The van der Waals surface area contributed by atoms with Gasteiger partial charge in [0.1, 0.15) is 10.7 Å². The van der Waals surface area contributed by atoms with Crippen LogP contribution in [0.2, 0.25) is 0 Å². The molecule has 0 saturated heterocycles. The Kier molecular flexibility index (Phi) is 4.48. The summed E-state index contributed by atoms with van der Waals surface area (Å²) in [6, 6.07) is 1.43. The third kappa shape index (κ3) is 3.57. The summed E-state index contributed by atoms with van der Waals surface area (Å²) < 4.78 is 51.7. The SMILES string of the molecule is C[C@H](Nc1nc(C(=O)O)c2sc(C(F)(F)F)cc2n1)c1cncc(F)c1. The third-order valence-electron chi connectivity index (χ3n) is 3.43. The monoisotopic (exact) mass is 386 g/mol. The molecule has 6 nitrogen and oxygen atoms in total. The quantitative estimate of drug-likeness (QED) is 0.656. The van der Waals surface area contributed by atoms with Gasteiger partial charge in [-0.3, -0.25) is 4.98 Å². The number of carboxylic acids is 1. The molecule has 0 fully saturated rings. The van der Waals surface area contributed by atoms with E-state index in [2.05, 4.69) is 20.3 Å². The first-order valence-electron chi connectivity index (χ1n) is 7.14. The van der Waals surface area contributed by atoms with Gasteiger partial charge in [-0.25, -0.2) is 19.2 Å². The zero-order valence-corrected chi connectivity index (χ0v) is 13.8. The maximum atomic E-state index is 13.3. The number of alkyl halides is 3. The fraction of sp³-hybridized carbons (Fsp3) is 0.200. The van der Waals surface area contributed by atoms with Crippen molar-refractivity contribution in [2.45, 2.75) is 19.1 Å². The molecule has 0 aliphatic carbocycles. The number of halogens is 4. The molecule has 3 aromatic rings. The molecule has 0 saturated carbocycles. The molecule has 2 N–H and O–H groups in total. The minimum absolute atomic E-state index is 0.137. The van der Waals surface area contributed by atoms with E-state index in [0.29, 0.717) is 5.56 Å². The molecule has 0 radical (unpaired) electrons. The molecule has 3 aromatic heterocycles. The van der Waals surface area contributed by atoms with Crippen LogP contribution in [-0.2, 0) is 6.18 Å². The van der Waals surface area contributed by atoms with Gasteiger partial charge >= 0.3 is 12.1 Å². The van der Waals surface area contributed by atoms with E-state index in [9.17, 15) is 27.5 Å². The van der Waals surface area contributed by atoms with Crippen LogP contribution in [0, 0.1) is 5.82 Å². The number of anilines is 1. The summed E-state index contributed by atoms with van der Waals surface area (Å²) in [6.07, 6.45) is -2.20. The number of fused-ring (bicyclic) bond motifs is 1. The van der Waals surface area contributed by atoms with Crippen LogP contribution in [0.4, 0.5) is 23.5 Å². The molecule has 0 bridgehead atoms. The summed E-state index contributed by atoms with van der Waals surface area (Å²) in [5.41, 5.74) is -0.240. The second kappa shape index (κ2) is 6.48. The second-order valence-electron chi connectivity index (χ2n) is 5.33. The van der Waals surface area contributed by atoms with Gasteiger partial charge in [-0.15, -0.1) is 11.3 Å². The van der Waals surface area contributed by atoms with Crippen molar-refractivity contribution < 1.29 is 27.5 Å². The fourth-order valence-corrected chi connectivity index (χ4v) is 3.17. The predicted octanol–water partition coefficient (Wildman–Crippen LogP) is 4.12. The van der Waals surface area contributed by atoms with Crippen molar-refractivity contribution in [1.29, 1.82) is 0 Å². The molecular weight excluding hydrogens is 376 g/mol. The number of nitrogens with one attached hydrogen (secondary N) is 1. The lowest BCUT2D eigenvalue weighted by Gasteiger charge is -2.14.